The van der Waals surface area contributed by atoms with Crippen LogP contribution in [0.15, 0.2) is 18.2 Å². The number of nitrogen functional groups attached to an aromatic ring is 1. The molecule has 3 N–H and O–H groups in total. The molecule has 0 saturated heterocycles. The number of halogens is 2. The van der Waals surface area contributed by atoms with Crippen molar-refractivity contribution >= 4 is 29.0 Å². The molecule has 0 aliphatic carbocycles. The number of nitrogens with two attached hydrogens (primary N) is 1. The Morgan fingerprint density at radius 3 is 2.71 bits per heavy atom. The second-order valence-corrected chi connectivity index (χ2v) is 5.55. The van der Waals surface area contributed by atoms with E-state index in [0.717, 1.165) is 23.2 Å². The van der Waals surface area contributed by atoms with Crippen LogP contribution in [0.1, 0.15) is 22.6 Å². The lowest BCUT2D eigenvalue weighted by atomic mass is 10.1. The Labute approximate surface area is 132 Å². The summed E-state index contributed by atoms with van der Waals surface area (Å²) in [7, 11) is 0. The summed E-state index contributed by atoms with van der Waals surface area (Å²) in [4.78, 5) is 9.03. The number of hydrazine groups is 1. The standard InChI is InChI=1S/C14H14Cl2N4O/c15-10-2-1-3-11(16)8(10)6-13-18-12-4-5-21-7-9(12)14(19-13)20-17/h1-3H,4-7,17H2,(H,18,19,20). The van der Waals surface area contributed by atoms with Gasteiger partial charge in [0, 0.05) is 28.5 Å². The van der Waals surface area contributed by atoms with Crippen LogP contribution in [0.25, 0.3) is 0 Å². The monoisotopic (exact) mass is 324 g/mol. The van der Waals surface area contributed by atoms with Crippen molar-refractivity contribution in [1.82, 2.24) is 9.97 Å². The zero-order valence-electron chi connectivity index (χ0n) is 11.2. The van der Waals surface area contributed by atoms with Gasteiger partial charge in [0.2, 0.25) is 0 Å². The molecule has 110 valence electrons. The first kappa shape index (κ1) is 14.5. The maximum absolute atomic E-state index is 6.20. The summed E-state index contributed by atoms with van der Waals surface area (Å²) in [5, 5.41) is 1.21. The van der Waals surface area contributed by atoms with Crippen LogP contribution in [-0.2, 0) is 24.2 Å². The number of fused-ring (bicyclic) bond motifs is 1. The van der Waals surface area contributed by atoms with Gasteiger partial charge in [-0.15, -0.1) is 0 Å². The first-order chi connectivity index (χ1) is 10.2. The van der Waals surface area contributed by atoms with Gasteiger partial charge in [0.25, 0.3) is 0 Å². The first-order valence-electron chi connectivity index (χ1n) is 6.55. The summed E-state index contributed by atoms with van der Waals surface area (Å²) < 4.78 is 5.42. The molecule has 0 saturated carbocycles. The van der Waals surface area contributed by atoms with E-state index in [-0.39, 0.29) is 0 Å². The van der Waals surface area contributed by atoms with Crippen molar-refractivity contribution in [3.8, 4) is 0 Å². The largest absolute Gasteiger partial charge is 0.376 e. The van der Waals surface area contributed by atoms with Gasteiger partial charge in [-0.2, -0.15) is 0 Å². The molecule has 0 radical (unpaired) electrons. The molecule has 1 aromatic heterocycles. The lowest BCUT2D eigenvalue weighted by molar-refractivity contribution is 0.109. The summed E-state index contributed by atoms with van der Waals surface area (Å²) in [6.45, 7) is 1.13. The van der Waals surface area contributed by atoms with Crippen LogP contribution in [0.4, 0.5) is 5.82 Å². The molecule has 1 aliphatic rings. The number of anilines is 1. The van der Waals surface area contributed by atoms with Crippen LogP contribution in [0.2, 0.25) is 10.0 Å². The number of benzene rings is 1. The molecule has 0 unspecified atom stereocenters. The first-order valence-corrected chi connectivity index (χ1v) is 7.30. The quantitative estimate of drug-likeness (QED) is 0.670. The SMILES string of the molecule is NNc1nc(Cc2c(Cl)cccc2Cl)nc2c1COCC2. The molecular weight excluding hydrogens is 311 g/mol. The Morgan fingerprint density at radius 2 is 2.00 bits per heavy atom. The van der Waals surface area contributed by atoms with Crippen LogP contribution < -0.4 is 11.3 Å². The summed E-state index contributed by atoms with van der Waals surface area (Å²) >= 11 is 12.4. The number of aromatic nitrogens is 2. The van der Waals surface area contributed by atoms with Gasteiger partial charge in [0.15, 0.2) is 0 Å². The molecule has 1 aromatic carbocycles. The van der Waals surface area contributed by atoms with E-state index < -0.39 is 0 Å². The average molecular weight is 325 g/mol. The minimum absolute atomic E-state index is 0.460. The van der Waals surface area contributed by atoms with Crippen molar-refractivity contribution in [1.29, 1.82) is 0 Å². The Morgan fingerprint density at radius 1 is 1.24 bits per heavy atom. The van der Waals surface area contributed by atoms with Crippen LogP contribution in [0.5, 0.6) is 0 Å². The molecular formula is C14H14Cl2N4O. The fourth-order valence-electron chi connectivity index (χ4n) is 2.34. The van der Waals surface area contributed by atoms with Crippen LogP contribution in [-0.4, -0.2) is 16.6 Å². The van der Waals surface area contributed by atoms with Gasteiger partial charge < -0.3 is 10.2 Å². The van der Waals surface area contributed by atoms with Gasteiger partial charge in [-0.25, -0.2) is 15.8 Å². The topological polar surface area (TPSA) is 73.1 Å². The lowest BCUT2D eigenvalue weighted by Crippen LogP contribution is -2.20. The molecule has 0 fully saturated rings. The highest BCUT2D eigenvalue weighted by Crippen LogP contribution is 2.28. The molecule has 0 bridgehead atoms. The summed E-state index contributed by atoms with van der Waals surface area (Å²) in [5.74, 6) is 6.78. The van der Waals surface area contributed by atoms with Crippen molar-refractivity contribution in [2.45, 2.75) is 19.4 Å². The Bertz CT molecular complexity index is 641. The number of hydrogen-bond donors (Lipinski definition) is 2. The van der Waals surface area contributed by atoms with E-state index in [2.05, 4.69) is 15.4 Å². The number of ether oxygens (including phenoxy) is 1. The van der Waals surface area contributed by atoms with Gasteiger partial charge in [0.1, 0.15) is 11.6 Å². The van der Waals surface area contributed by atoms with Crippen molar-refractivity contribution in [2.75, 3.05) is 12.0 Å². The van der Waals surface area contributed by atoms with E-state index in [0.29, 0.717) is 41.3 Å². The molecule has 2 aromatic rings. The van der Waals surface area contributed by atoms with Gasteiger partial charge in [-0.3, -0.25) is 0 Å². The summed E-state index contributed by atoms with van der Waals surface area (Å²) in [6, 6.07) is 5.42. The van der Waals surface area contributed by atoms with E-state index in [4.69, 9.17) is 33.8 Å². The average Bonchev–Trinajstić information content (AvgIpc) is 2.50. The van der Waals surface area contributed by atoms with Gasteiger partial charge in [-0.1, -0.05) is 29.3 Å². The zero-order valence-corrected chi connectivity index (χ0v) is 12.7. The maximum atomic E-state index is 6.20. The molecule has 1 aliphatic heterocycles. The van der Waals surface area contributed by atoms with E-state index in [9.17, 15) is 0 Å². The van der Waals surface area contributed by atoms with Gasteiger partial charge in [0.05, 0.1) is 18.9 Å². The fraction of sp³-hybridized carbons (Fsp3) is 0.286. The van der Waals surface area contributed by atoms with Gasteiger partial charge in [-0.05, 0) is 17.7 Å². The minimum Gasteiger partial charge on any atom is -0.376 e. The predicted octanol–water partition coefficient (Wildman–Crippen LogP) is 2.73. The number of rotatable bonds is 3. The zero-order chi connectivity index (χ0) is 14.8. The Hall–Kier alpha value is -1.40. The molecule has 0 atom stereocenters. The summed E-state index contributed by atoms with van der Waals surface area (Å²) in [6.07, 6.45) is 1.21. The second-order valence-electron chi connectivity index (χ2n) is 4.74. The molecule has 0 spiro atoms. The van der Waals surface area contributed by atoms with Crippen molar-refractivity contribution in [3.05, 3.63) is 50.9 Å². The highest BCUT2D eigenvalue weighted by atomic mass is 35.5. The van der Waals surface area contributed by atoms with Crippen LogP contribution in [0, 0.1) is 0 Å². The Kier molecular flexibility index (Phi) is 4.26. The van der Waals surface area contributed by atoms with Crippen LogP contribution in [0.3, 0.4) is 0 Å². The van der Waals surface area contributed by atoms with E-state index in [1.807, 2.05) is 6.07 Å². The number of nitrogens with zero attached hydrogens (tertiary/aromatic N) is 2. The van der Waals surface area contributed by atoms with Crippen molar-refractivity contribution in [3.63, 3.8) is 0 Å². The normalized spacial score (nSPS) is 13.9. The smallest absolute Gasteiger partial charge is 0.149 e. The number of nitrogens with one attached hydrogen (secondary N) is 1. The molecule has 0 amide bonds. The second kappa shape index (κ2) is 6.15. The molecule has 21 heavy (non-hydrogen) atoms. The fourth-order valence-corrected chi connectivity index (χ4v) is 2.87. The molecule has 5 nitrogen and oxygen atoms in total. The van der Waals surface area contributed by atoms with Crippen LogP contribution >= 0.6 is 23.2 Å². The highest BCUT2D eigenvalue weighted by molar-refractivity contribution is 6.36. The third-order valence-electron chi connectivity index (χ3n) is 3.40. The maximum Gasteiger partial charge on any atom is 0.149 e. The third kappa shape index (κ3) is 2.96. The Balaban J connectivity index is 1.99. The third-order valence-corrected chi connectivity index (χ3v) is 4.11. The van der Waals surface area contributed by atoms with E-state index in [1.165, 1.54) is 0 Å². The van der Waals surface area contributed by atoms with E-state index >= 15 is 0 Å². The van der Waals surface area contributed by atoms with Gasteiger partial charge >= 0.3 is 0 Å². The predicted molar refractivity (Wildman–Crippen MR) is 82.5 cm³/mol. The van der Waals surface area contributed by atoms with Crippen molar-refractivity contribution in [2.24, 2.45) is 5.84 Å². The molecule has 7 heteroatoms. The molecule has 2 heterocycles. The lowest BCUT2D eigenvalue weighted by Gasteiger charge is -2.19. The molecule has 3 rings (SSSR count). The van der Waals surface area contributed by atoms with Crippen molar-refractivity contribution < 1.29 is 4.74 Å². The summed E-state index contributed by atoms with van der Waals surface area (Å²) in [5.41, 5.74) is 5.30. The highest BCUT2D eigenvalue weighted by Gasteiger charge is 2.18. The minimum atomic E-state index is 0.460. The van der Waals surface area contributed by atoms with E-state index in [1.54, 1.807) is 12.1 Å². The number of hydrogen-bond acceptors (Lipinski definition) is 5.